The van der Waals surface area contributed by atoms with Crippen molar-refractivity contribution in [3.63, 3.8) is 0 Å². The molecule has 3 rings (SSSR count). The highest BCUT2D eigenvalue weighted by Crippen LogP contribution is 2.23. The van der Waals surface area contributed by atoms with Gasteiger partial charge in [0.25, 0.3) is 0 Å². The van der Waals surface area contributed by atoms with Crippen LogP contribution in [0.3, 0.4) is 0 Å². The number of carbonyl (C=O) groups excluding carboxylic acids is 3. The van der Waals surface area contributed by atoms with Gasteiger partial charge in [-0.25, -0.2) is 9.69 Å². The normalized spacial score (nSPS) is 18.0. The molecule has 1 atom stereocenters. The molecule has 1 N–H and O–H groups in total. The highest BCUT2D eigenvalue weighted by atomic mass is 35.5. The zero-order chi connectivity index (χ0) is 16.4. The number of barbiturate groups is 1. The van der Waals surface area contributed by atoms with E-state index in [0.29, 0.717) is 10.7 Å². The molecule has 5 nitrogen and oxygen atoms in total. The van der Waals surface area contributed by atoms with E-state index in [1.807, 2.05) is 0 Å². The van der Waals surface area contributed by atoms with Gasteiger partial charge in [-0.05, 0) is 36.2 Å². The summed E-state index contributed by atoms with van der Waals surface area (Å²) in [5, 5.41) is 2.82. The van der Waals surface area contributed by atoms with Gasteiger partial charge in [-0.2, -0.15) is 0 Å². The van der Waals surface area contributed by atoms with Crippen molar-refractivity contribution in [3.8, 4) is 0 Å². The summed E-state index contributed by atoms with van der Waals surface area (Å²) in [5.74, 6) is -2.06. The Bertz CT molecular complexity index is 759. The highest BCUT2D eigenvalue weighted by molar-refractivity contribution is 6.30. The number of carbonyl (C=O) groups is 3. The molecule has 1 aliphatic rings. The molecule has 1 aliphatic heterocycles. The highest BCUT2D eigenvalue weighted by Gasteiger charge is 2.41. The van der Waals surface area contributed by atoms with Crippen molar-refractivity contribution in [1.29, 1.82) is 0 Å². The maximum Gasteiger partial charge on any atom is 0.335 e. The topological polar surface area (TPSA) is 66.5 Å². The van der Waals surface area contributed by atoms with E-state index >= 15 is 0 Å². The van der Waals surface area contributed by atoms with E-state index in [1.54, 1.807) is 54.6 Å². The third-order valence-electron chi connectivity index (χ3n) is 3.64. The van der Waals surface area contributed by atoms with Crippen LogP contribution in [0.15, 0.2) is 54.6 Å². The summed E-state index contributed by atoms with van der Waals surface area (Å²) in [5.41, 5.74) is 1.23. The molecule has 0 bridgehead atoms. The molecule has 1 fully saturated rings. The summed E-state index contributed by atoms with van der Waals surface area (Å²) in [7, 11) is 0. The number of amides is 4. The smallest absolute Gasteiger partial charge is 0.277 e. The van der Waals surface area contributed by atoms with Gasteiger partial charge in [-0.15, -0.1) is 0 Å². The molecule has 0 unspecified atom stereocenters. The summed E-state index contributed by atoms with van der Waals surface area (Å²) < 4.78 is 0. The van der Waals surface area contributed by atoms with Crippen molar-refractivity contribution >= 4 is 35.1 Å². The predicted octanol–water partition coefficient (Wildman–Crippen LogP) is 2.78. The van der Waals surface area contributed by atoms with Crippen molar-refractivity contribution in [2.45, 2.75) is 6.42 Å². The molecule has 1 saturated heterocycles. The molecule has 0 radical (unpaired) electrons. The molecule has 2 aromatic carbocycles. The summed E-state index contributed by atoms with van der Waals surface area (Å²) in [6.45, 7) is 0. The van der Waals surface area contributed by atoms with Gasteiger partial charge in [0.05, 0.1) is 5.69 Å². The SMILES string of the molecule is O=C1NC(=O)N(c2ccccc2)C(=O)[C@@H]1Cc1ccc(Cl)cc1. The quantitative estimate of drug-likeness (QED) is 0.881. The van der Waals surface area contributed by atoms with Crippen molar-refractivity contribution in [2.24, 2.45) is 5.92 Å². The molecule has 2 aromatic rings. The maximum absolute atomic E-state index is 12.6. The van der Waals surface area contributed by atoms with Crippen LogP contribution in [0.4, 0.5) is 10.5 Å². The van der Waals surface area contributed by atoms with E-state index in [9.17, 15) is 14.4 Å². The number of rotatable bonds is 3. The lowest BCUT2D eigenvalue weighted by molar-refractivity contribution is -0.134. The largest absolute Gasteiger partial charge is 0.335 e. The van der Waals surface area contributed by atoms with E-state index in [0.717, 1.165) is 10.5 Å². The Morgan fingerprint density at radius 2 is 1.61 bits per heavy atom. The number of nitrogens with one attached hydrogen (secondary N) is 1. The minimum absolute atomic E-state index is 0.207. The molecule has 0 aliphatic carbocycles. The van der Waals surface area contributed by atoms with Crippen LogP contribution < -0.4 is 10.2 Å². The lowest BCUT2D eigenvalue weighted by atomic mass is 9.95. The first kappa shape index (κ1) is 15.2. The molecular weight excluding hydrogens is 316 g/mol. The van der Waals surface area contributed by atoms with Gasteiger partial charge in [-0.3, -0.25) is 14.9 Å². The molecule has 116 valence electrons. The van der Waals surface area contributed by atoms with E-state index in [4.69, 9.17) is 11.6 Å². The van der Waals surface area contributed by atoms with E-state index in [2.05, 4.69) is 5.32 Å². The molecule has 4 amide bonds. The zero-order valence-corrected chi connectivity index (χ0v) is 12.8. The molecule has 0 spiro atoms. The number of hydrogen-bond acceptors (Lipinski definition) is 3. The second-order valence-electron chi connectivity index (χ2n) is 5.19. The monoisotopic (exact) mass is 328 g/mol. The maximum atomic E-state index is 12.6. The number of anilines is 1. The number of imide groups is 2. The zero-order valence-electron chi connectivity index (χ0n) is 12.0. The van der Waals surface area contributed by atoms with E-state index < -0.39 is 23.8 Å². The average molecular weight is 329 g/mol. The van der Waals surface area contributed by atoms with Crippen LogP contribution in [0.25, 0.3) is 0 Å². The molecule has 0 saturated carbocycles. The van der Waals surface area contributed by atoms with Crippen LogP contribution in [0, 0.1) is 5.92 Å². The van der Waals surface area contributed by atoms with Crippen LogP contribution in [-0.2, 0) is 16.0 Å². The van der Waals surface area contributed by atoms with Gasteiger partial charge in [-0.1, -0.05) is 41.9 Å². The Morgan fingerprint density at radius 1 is 0.957 bits per heavy atom. The van der Waals surface area contributed by atoms with Crippen molar-refractivity contribution < 1.29 is 14.4 Å². The van der Waals surface area contributed by atoms with Crippen LogP contribution in [0.1, 0.15) is 5.56 Å². The minimum Gasteiger partial charge on any atom is -0.277 e. The first-order valence-corrected chi connectivity index (χ1v) is 7.42. The lowest BCUT2D eigenvalue weighted by Gasteiger charge is -2.30. The molecule has 1 heterocycles. The summed E-state index contributed by atoms with van der Waals surface area (Å²) >= 11 is 5.83. The fourth-order valence-electron chi connectivity index (χ4n) is 2.47. The predicted molar refractivity (Wildman–Crippen MR) is 86.1 cm³/mol. The van der Waals surface area contributed by atoms with Gasteiger partial charge in [0.15, 0.2) is 0 Å². The summed E-state index contributed by atoms with van der Waals surface area (Å²) in [6, 6.07) is 14.7. The number of hydrogen-bond donors (Lipinski definition) is 1. The second kappa shape index (κ2) is 6.22. The first-order chi connectivity index (χ1) is 11.1. The van der Waals surface area contributed by atoms with Crippen molar-refractivity contribution in [2.75, 3.05) is 4.90 Å². The standard InChI is InChI=1S/C17H13ClN2O3/c18-12-8-6-11(7-9-12)10-14-15(21)19-17(23)20(16(14)22)13-4-2-1-3-5-13/h1-9,14H,10H2,(H,19,21,23)/t14-/m1/s1. The Balaban J connectivity index is 1.88. The number of nitrogens with zero attached hydrogens (tertiary/aromatic N) is 1. The van der Waals surface area contributed by atoms with Gasteiger partial charge in [0.1, 0.15) is 5.92 Å². The van der Waals surface area contributed by atoms with Crippen LogP contribution >= 0.6 is 11.6 Å². The summed E-state index contributed by atoms with van der Waals surface area (Å²) in [4.78, 5) is 37.7. The molecular formula is C17H13ClN2O3. The van der Waals surface area contributed by atoms with Crippen LogP contribution in [0.2, 0.25) is 5.02 Å². The number of benzene rings is 2. The summed E-state index contributed by atoms with van der Waals surface area (Å²) in [6.07, 6.45) is 0.207. The minimum atomic E-state index is -0.950. The Kier molecular flexibility index (Phi) is 4.12. The van der Waals surface area contributed by atoms with E-state index in [1.165, 1.54) is 0 Å². The fraction of sp³-hybridized carbons (Fsp3) is 0.118. The molecule has 23 heavy (non-hydrogen) atoms. The lowest BCUT2D eigenvalue weighted by Crippen LogP contribution is -2.58. The Hall–Kier alpha value is -2.66. The number of halogens is 1. The molecule has 0 aromatic heterocycles. The average Bonchev–Trinajstić information content (AvgIpc) is 2.54. The first-order valence-electron chi connectivity index (χ1n) is 7.04. The van der Waals surface area contributed by atoms with Crippen LogP contribution in [0.5, 0.6) is 0 Å². The second-order valence-corrected chi connectivity index (χ2v) is 5.62. The third kappa shape index (κ3) is 3.10. The fourth-order valence-corrected chi connectivity index (χ4v) is 2.60. The number of para-hydroxylation sites is 1. The van der Waals surface area contributed by atoms with Crippen molar-refractivity contribution in [3.05, 3.63) is 65.2 Å². The van der Waals surface area contributed by atoms with Crippen LogP contribution in [-0.4, -0.2) is 17.8 Å². The van der Waals surface area contributed by atoms with E-state index in [-0.39, 0.29) is 6.42 Å². The van der Waals surface area contributed by atoms with Gasteiger partial charge in [0.2, 0.25) is 11.8 Å². The Morgan fingerprint density at radius 3 is 2.26 bits per heavy atom. The molecule has 6 heteroatoms. The number of urea groups is 1. The third-order valence-corrected chi connectivity index (χ3v) is 3.89. The van der Waals surface area contributed by atoms with Crippen molar-refractivity contribution in [1.82, 2.24) is 5.32 Å². The van der Waals surface area contributed by atoms with Gasteiger partial charge in [0, 0.05) is 5.02 Å². The van der Waals surface area contributed by atoms with Gasteiger partial charge >= 0.3 is 6.03 Å². The Labute approximate surface area is 137 Å². The van der Waals surface area contributed by atoms with Gasteiger partial charge < -0.3 is 0 Å².